The van der Waals surface area contributed by atoms with Gasteiger partial charge in [-0.15, -0.1) is 13.2 Å². The molecule has 11 rings (SSSR count). The van der Waals surface area contributed by atoms with Crippen molar-refractivity contribution in [2.75, 3.05) is 144 Å². The molecule has 11 aliphatic heterocycles. The second-order valence-electron chi connectivity index (χ2n) is 41.4. The van der Waals surface area contributed by atoms with Crippen molar-refractivity contribution in [3.63, 3.8) is 0 Å². The van der Waals surface area contributed by atoms with Crippen LogP contribution in [0, 0.1) is 60.6 Å². The van der Waals surface area contributed by atoms with E-state index in [1.54, 1.807) is 6.82 Å². The van der Waals surface area contributed by atoms with E-state index in [4.69, 9.17) is 0 Å². The molecule has 19 nitrogen and oxygen atoms in total. The van der Waals surface area contributed by atoms with Gasteiger partial charge in [-0.3, -0.25) is 0 Å². The summed E-state index contributed by atoms with van der Waals surface area (Å²) in [5, 5.41) is 78.7. The summed E-state index contributed by atoms with van der Waals surface area (Å²) in [6.45, 7) is 82.5. The standard InChI is InChI=1S/C9H18BNO.C8H16BNO2.4C8H18BNO.C8H15N.C7H16BNO.2C7H15N.C6H13N/c1-4-9(2)6-5-7-11(8-9)10(3)12;1-8(7-11)4-3-5-10(6-8)9(2)12;4*1-8(2)5-4-6-10(7-8)9(3)11;1-3-8(2)5-4-6-9-7-8;1-7-4-3-5-9(6-7)8(2)10;2*1-7(2)4-3-5-8-6-7;1-6-3-2-4-7-5-6/h4,12H,1,5-8H2,2-3H3;7,12H,3-6H2,1-2H3;4*11H,4-7H2,1-3H3;3,9H,1,4-7H2,2H3;7,10H,3-6H2,1-2H3;2*8H,3-6H2,1-2H3;6-7H,2-5H2,1H3/p+2. The maximum Gasteiger partial charge on any atom is 1.00 e. The highest BCUT2D eigenvalue weighted by Gasteiger charge is 2.37. The molecule has 0 aromatic carbocycles. The smallest absolute Gasteiger partial charge is 0.437 e. The minimum atomic E-state index is -0.426. The minimum absolute atomic E-state index is 0. The van der Waals surface area contributed by atoms with E-state index in [1.165, 1.54) is 168 Å². The summed E-state index contributed by atoms with van der Waals surface area (Å²) in [5.41, 5.74) is 3.06. The summed E-state index contributed by atoms with van der Waals surface area (Å²) >= 11 is 0. The molecule has 5 unspecified atom stereocenters. The fourth-order valence-electron chi connectivity index (χ4n) is 16.9. The first kappa shape index (κ1) is 107. The van der Waals surface area contributed by atoms with E-state index >= 15 is 0 Å². The van der Waals surface area contributed by atoms with Crippen LogP contribution >= 0.6 is 0 Å². The second kappa shape index (κ2) is 53.4. The van der Waals surface area contributed by atoms with Gasteiger partial charge in [-0.1, -0.05) is 130 Å². The second-order valence-corrected chi connectivity index (χ2v) is 41.4. The van der Waals surface area contributed by atoms with Crippen LogP contribution in [0.1, 0.15) is 262 Å². The van der Waals surface area contributed by atoms with Crippen molar-refractivity contribution in [3.05, 3.63) is 25.3 Å². The van der Waals surface area contributed by atoms with E-state index in [0.29, 0.717) is 44.4 Å². The Morgan fingerprint density at radius 3 is 0.782 bits per heavy atom. The van der Waals surface area contributed by atoms with Crippen molar-refractivity contribution in [2.45, 2.75) is 307 Å². The first-order chi connectivity index (χ1) is 51.0. The number of nitrogens with zero attached hydrogens (tertiary/aromatic N) is 7. The molecule has 110 heavy (non-hydrogen) atoms. The van der Waals surface area contributed by atoms with Crippen molar-refractivity contribution in [2.24, 2.45) is 60.6 Å². The molecule has 0 spiro atoms. The number of hydrogen-bond donors (Lipinski definition) is 11. The van der Waals surface area contributed by atoms with Gasteiger partial charge in [0.25, 0.3) is 0 Å². The largest absolute Gasteiger partial charge is 1.00 e. The summed E-state index contributed by atoms with van der Waals surface area (Å²) in [6, 6.07) is 0. The summed E-state index contributed by atoms with van der Waals surface area (Å²) in [6.07, 6.45) is 32.9. The average molecular weight is 1550 g/mol. The molecule has 0 amide bonds. The summed E-state index contributed by atoms with van der Waals surface area (Å²) in [7, 11) is -2.06. The van der Waals surface area contributed by atoms with Crippen molar-refractivity contribution in [3.8, 4) is 0 Å². The minimum Gasteiger partial charge on any atom is -0.437 e. The number of carbonyl (C=O) groups excluding carboxylic acids is 1. The van der Waals surface area contributed by atoms with Crippen LogP contribution in [0.15, 0.2) is 25.3 Å². The van der Waals surface area contributed by atoms with E-state index in [2.05, 4.69) is 180 Å². The van der Waals surface area contributed by atoms with Crippen LogP contribution in [0.25, 0.3) is 0 Å². The zero-order chi connectivity index (χ0) is 83.8. The number of rotatable bonds is 10. The molecule has 11 heterocycles. The van der Waals surface area contributed by atoms with E-state index in [-0.39, 0.29) is 56.0 Å². The van der Waals surface area contributed by atoms with Gasteiger partial charge in [-0.2, -0.15) is 0 Å². The first-order valence-corrected chi connectivity index (χ1v) is 44.5. The van der Waals surface area contributed by atoms with Crippen LogP contribution < -0.4 is 21.3 Å². The van der Waals surface area contributed by atoms with Gasteiger partial charge >= 0.3 is 52.2 Å². The molecule has 0 aromatic heterocycles. The Morgan fingerprint density at radius 1 is 0.318 bits per heavy atom. The van der Waals surface area contributed by atoms with Crippen molar-refractivity contribution >= 4 is 55.6 Å². The van der Waals surface area contributed by atoms with Crippen LogP contribution in [-0.4, -0.2) is 268 Å². The van der Waals surface area contributed by atoms with Gasteiger partial charge < -0.3 is 94.9 Å². The molecule has 0 aliphatic carbocycles. The number of hydrogen-bond acceptors (Lipinski definition) is 19. The summed E-state index contributed by atoms with van der Waals surface area (Å²) < 4.78 is 0. The van der Waals surface area contributed by atoms with Crippen molar-refractivity contribution < 1.29 is 42.8 Å². The van der Waals surface area contributed by atoms with Gasteiger partial charge in [0.1, 0.15) is 6.29 Å². The molecule has 0 radical (unpaired) electrons. The zero-order valence-electron chi connectivity index (χ0n) is 78.6. The van der Waals surface area contributed by atoms with E-state index in [0.717, 1.165) is 129 Å². The molecule has 640 valence electrons. The quantitative estimate of drug-likeness (QED) is 0.0555. The Morgan fingerprint density at radius 2 is 0.582 bits per heavy atom. The van der Waals surface area contributed by atoms with Crippen LogP contribution in [0.2, 0.25) is 47.8 Å². The normalized spacial score (nSPS) is 28.6. The van der Waals surface area contributed by atoms with Crippen molar-refractivity contribution in [1.29, 1.82) is 0 Å². The molecule has 11 N–H and O–H groups in total. The molecule has 11 aliphatic rings. The molecular formula is C84H182B7N11O8+2. The lowest BCUT2D eigenvalue weighted by Gasteiger charge is -2.39. The molecule has 11 fully saturated rings. The van der Waals surface area contributed by atoms with Gasteiger partial charge in [0.05, 0.1) is 0 Å². The van der Waals surface area contributed by atoms with Gasteiger partial charge in [0.2, 0.25) is 0 Å². The van der Waals surface area contributed by atoms with E-state index in [1.807, 2.05) is 58.7 Å². The van der Waals surface area contributed by atoms with Crippen LogP contribution in [0.4, 0.5) is 0 Å². The molecule has 5 atom stereocenters. The van der Waals surface area contributed by atoms with E-state index < -0.39 is 7.05 Å². The Kier molecular flexibility index (Phi) is 51.9. The Hall–Kier alpha value is -1.12. The lowest BCUT2D eigenvalue weighted by Crippen LogP contribution is -2.48. The lowest BCUT2D eigenvalue weighted by molar-refractivity contribution is -0.117. The third-order valence-electron chi connectivity index (χ3n) is 24.7. The lowest BCUT2D eigenvalue weighted by atomic mass is 9.75. The zero-order valence-corrected chi connectivity index (χ0v) is 76.6. The predicted molar refractivity (Wildman–Crippen MR) is 485 cm³/mol. The number of nitrogens with one attached hydrogen (secondary N) is 4. The van der Waals surface area contributed by atoms with E-state index in [9.17, 15) is 40.0 Å². The summed E-state index contributed by atoms with van der Waals surface area (Å²) in [5.74, 6) is 1.69. The Labute approximate surface area is 686 Å². The van der Waals surface area contributed by atoms with Gasteiger partial charge in [-0.05, 0) is 362 Å². The molecule has 26 heteroatoms. The highest BCUT2D eigenvalue weighted by Crippen LogP contribution is 2.34. The van der Waals surface area contributed by atoms with Crippen LogP contribution in [-0.2, 0) is 4.79 Å². The molecule has 0 aromatic rings. The number of aldehydes is 1. The Bertz CT molecular complexity index is 2210. The maximum absolute atomic E-state index is 10.7. The third-order valence-corrected chi connectivity index (χ3v) is 24.7. The topological polar surface area (TPSA) is 229 Å². The Balaban J connectivity index is 0. The fourth-order valence-corrected chi connectivity index (χ4v) is 16.9. The van der Waals surface area contributed by atoms with Crippen LogP contribution in [0.5, 0.6) is 0 Å². The van der Waals surface area contributed by atoms with Gasteiger partial charge in [0.15, 0.2) is 0 Å². The first-order valence-electron chi connectivity index (χ1n) is 44.5. The van der Waals surface area contributed by atoms with Crippen LogP contribution in [0.3, 0.4) is 0 Å². The number of piperidine rings is 11. The third kappa shape index (κ3) is 49.3. The SMILES string of the molecule is C=CC1(C)CCCN(B(C)O)C1.C=CC1(C)CCCNC1.CB(O)N1CCCC(C)(C)C1.CB(O)N1CCCC(C)(C)C1.CB(O)N1CCCC(C)(C)C1.CB(O)N1CCCC(C)(C)C1.CB(O)N1CCCC(C)(C=O)C1.CB(O)N1CCCC(C)C1.CC1(C)CCCNC1.CC1(C)CCCNC1.CC1CCCNC1.[H+].[H+]. The highest BCUT2D eigenvalue weighted by molar-refractivity contribution is 6.47. The summed E-state index contributed by atoms with van der Waals surface area (Å²) in [4.78, 5) is 25.5. The fraction of sp³-hybridized carbons (Fsp3) is 0.940. The number of carbonyl (C=O) groups is 1. The van der Waals surface area contributed by atoms with Gasteiger partial charge in [-0.25, -0.2) is 0 Å². The maximum atomic E-state index is 10.7. The van der Waals surface area contributed by atoms with Crippen molar-refractivity contribution in [1.82, 2.24) is 54.9 Å². The average Bonchev–Trinajstić information content (AvgIpc) is 0.801. The molecule has 11 saturated heterocycles. The molecule has 0 saturated carbocycles. The van der Waals surface area contributed by atoms with Gasteiger partial charge in [0, 0.05) is 31.6 Å². The monoisotopic (exact) mass is 1550 g/mol. The highest BCUT2D eigenvalue weighted by atomic mass is 16.2. The molecule has 0 bridgehead atoms. The molecular weight excluding hydrogens is 1370 g/mol. The predicted octanol–water partition coefficient (Wildman–Crippen LogP) is 13.1.